The molecule has 0 saturated carbocycles. The van der Waals surface area contributed by atoms with Crippen LogP contribution in [0.25, 0.3) is 0 Å². The molecule has 1 fully saturated rings. The average Bonchev–Trinajstić information content (AvgIpc) is 2.40. The van der Waals surface area contributed by atoms with Crippen molar-refractivity contribution in [3.63, 3.8) is 0 Å². The van der Waals surface area contributed by atoms with Crippen LogP contribution in [0.1, 0.15) is 47.5 Å². The van der Waals surface area contributed by atoms with Crippen LogP contribution in [0.15, 0.2) is 0 Å². The molecule has 4 heteroatoms. The Morgan fingerprint density at radius 1 is 1.53 bits per heavy atom. The van der Waals surface area contributed by atoms with E-state index in [0.717, 1.165) is 0 Å². The summed E-state index contributed by atoms with van der Waals surface area (Å²) < 4.78 is 10.6. The Labute approximate surface area is 103 Å². The molecule has 0 aromatic heterocycles. The molecule has 17 heavy (non-hydrogen) atoms. The zero-order chi connectivity index (χ0) is 13.2. The van der Waals surface area contributed by atoms with Gasteiger partial charge in [0.15, 0.2) is 0 Å². The molecule has 0 aliphatic carbocycles. The lowest BCUT2D eigenvalue weighted by Crippen LogP contribution is -2.37. The van der Waals surface area contributed by atoms with E-state index in [-0.39, 0.29) is 35.5 Å². The fraction of sp³-hybridized carbons (Fsp3) is 0.846. The van der Waals surface area contributed by atoms with Crippen molar-refractivity contribution in [2.45, 2.75) is 59.7 Å². The maximum absolute atomic E-state index is 11.3. The molecule has 0 amide bonds. The first kappa shape index (κ1) is 14.0. The third-order valence-electron chi connectivity index (χ3n) is 2.81. The average molecular weight is 242 g/mol. The number of hydrogen-bond donors (Lipinski definition) is 0. The molecule has 0 aromatic rings. The summed E-state index contributed by atoms with van der Waals surface area (Å²) in [4.78, 5) is 22.4. The second kappa shape index (κ2) is 5.07. The largest absolute Gasteiger partial charge is 0.459 e. The Hall–Kier alpha value is -1.06. The van der Waals surface area contributed by atoms with Gasteiger partial charge in [-0.05, 0) is 11.8 Å². The Bertz CT molecular complexity index is 303. The second-order valence-corrected chi connectivity index (χ2v) is 6.05. The summed E-state index contributed by atoms with van der Waals surface area (Å²) in [6.07, 6.45) is 0.459. The molecule has 0 spiro atoms. The van der Waals surface area contributed by atoms with Gasteiger partial charge in [-0.3, -0.25) is 9.59 Å². The molecule has 1 aliphatic rings. The molecule has 0 N–H and O–H groups in total. The molecule has 1 aliphatic heterocycles. The van der Waals surface area contributed by atoms with Crippen molar-refractivity contribution in [1.29, 1.82) is 0 Å². The molecular weight excluding hydrogens is 220 g/mol. The molecule has 1 heterocycles. The summed E-state index contributed by atoms with van der Waals surface area (Å²) in [6.45, 7) is 9.56. The van der Waals surface area contributed by atoms with Crippen molar-refractivity contribution in [2.24, 2.45) is 11.3 Å². The zero-order valence-corrected chi connectivity index (χ0v) is 11.3. The highest BCUT2D eigenvalue weighted by Crippen LogP contribution is 2.32. The number of cyclic esters (lactones) is 1. The molecule has 0 bridgehead atoms. The topological polar surface area (TPSA) is 52.6 Å². The number of hydrogen-bond acceptors (Lipinski definition) is 4. The standard InChI is InChI=1S/C13H22O4/c1-8-6-11(15)17-12(8)10(16-9(2)14)7-13(3,4)5/h8,10,12H,6-7H2,1-5H3/t8-,10-,12+/m1/s1. The zero-order valence-electron chi connectivity index (χ0n) is 11.3. The van der Waals surface area contributed by atoms with Gasteiger partial charge in [0.05, 0.1) is 6.42 Å². The predicted octanol–water partition coefficient (Wildman–Crippen LogP) is 2.31. The first-order valence-electron chi connectivity index (χ1n) is 6.06. The molecule has 4 nitrogen and oxygen atoms in total. The number of rotatable bonds is 3. The van der Waals surface area contributed by atoms with Gasteiger partial charge in [-0.2, -0.15) is 0 Å². The van der Waals surface area contributed by atoms with Crippen LogP contribution in [-0.4, -0.2) is 24.1 Å². The lowest BCUT2D eigenvalue weighted by Gasteiger charge is -2.30. The fourth-order valence-electron chi connectivity index (χ4n) is 2.18. The van der Waals surface area contributed by atoms with Gasteiger partial charge in [-0.25, -0.2) is 0 Å². The second-order valence-electron chi connectivity index (χ2n) is 6.05. The minimum atomic E-state index is -0.339. The van der Waals surface area contributed by atoms with Crippen molar-refractivity contribution in [1.82, 2.24) is 0 Å². The first-order valence-corrected chi connectivity index (χ1v) is 6.06. The van der Waals surface area contributed by atoms with Crippen LogP contribution < -0.4 is 0 Å². The van der Waals surface area contributed by atoms with Crippen LogP contribution in [-0.2, 0) is 19.1 Å². The van der Waals surface area contributed by atoms with E-state index in [9.17, 15) is 9.59 Å². The van der Waals surface area contributed by atoms with Gasteiger partial charge in [0, 0.05) is 12.8 Å². The Morgan fingerprint density at radius 2 is 2.12 bits per heavy atom. The SMILES string of the molecule is CC(=O)O[C@H](CC(C)(C)C)[C@H]1OC(=O)C[C@H]1C. The fourth-order valence-corrected chi connectivity index (χ4v) is 2.18. The van der Waals surface area contributed by atoms with Gasteiger partial charge in [-0.15, -0.1) is 0 Å². The maximum Gasteiger partial charge on any atom is 0.306 e. The summed E-state index contributed by atoms with van der Waals surface area (Å²) in [5.74, 6) is -0.419. The van der Waals surface area contributed by atoms with Crippen molar-refractivity contribution in [3.8, 4) is 0 Å². The Morgan fingerprint density at radius 3 is 2.47 bits per heavy atom. The van der Waals surface area contributed by atoms with E-state index in [2.05, 4.69) is 20.8 Å². The minimum Gasteiger partial charge on any atom is -0.459 e. The monoisotopic (exact) mass is 242 g/mol. The summed E-state index contributed by atoms with van der Waals surface area (Å²) in [5.41, 5.74) is 0.0227. The van der Waals surface area contributed by atoms with Crippen LogP contribution in [0.2, 0.25) is 0 Å². The smallest absolute Gasteiger partial charge is 0.306 e. The van der Waals surface area contributed by atoms with Crippen LogP contribution in [0.5, 0.6) is 0 Å². The Balaban J connectivity index is 2.75. The summed E-state index contributed by atoms with van der Waals surface area (Å²) in [5, 5.41) is 0. The van der Waals surface area contributed by atoms with Crippen molar-refractivity contribution < 1.29 is 19.1 Å². The molecule has 98 valence electrons. The number of esters is 2. The van der Waals surface area contributed by atoms with Crippen molar-refractivity contribution in [3.05, 3.63) is 0 Å². The quantitative estimate of drug-likeness (QED) is 0.713. The van der Waals surface area contributed by atoms with E-state index in [4.69, 9.17) is 9.47 Å². The van der Waals surface area contributed by atoms with E-state index < -0.39 is 0 Å². The minimum absolute atomic E-state index is 0.0227. The third kappa shape index (κ3) is 4.36. The highest BCUT2D eigenvalue weighted by atomic mass is 16.6. The molecule has 0 radical (unpaired) electrons. The van der Waals surface area contributed by atoms with Crippen LogP contribution in [0.3, 0.4) is 0 Å². The van der Waals surface area contributed by atoms with Crippen molar-refractivity contribution >= 4 is 11.9 Å². The number of ether oxygens (including phenoxy) is 2. The third-order valence-corrected chi connectivity index (χ3v) is 2.81. The van der Waals surface area contributed by atoms with Gasteiger partial charge < -0.3 is 9.47 Å². The highest BCUT2D eigenvalue weighted by Gasteiger charge is 2.40. The van der Waals surface area contributed by atoms with E-state index in [1.165, 1.54) is 6.92 Å². The number of carbonyl (C=O) groups is 2. The van der Waals surface area contributed by atoms with Crippen molar-refractivity contribution in [2.75, 3.05) is 0 Å². The van der Waals surface area contributed by atoms with Gasteiger partial charge >= 0.3 is 11.9 Å². The summed E-state index contributed by atoms with van der Waals surface area (Å²) in [6, 6.07) is 0. The van der Waals surface area contributed by atoms with Crippen LogP contribution >= 0.6 is 0 Å². The lowest BCUT2D eigenvalue weighted by atomic mass is 9.85. The normalized spacial score (nSPS) is 26.5. The maximum atomic E-state index is 11.3. The van der Waals surface area contributed by atoms with Gasteiger partial charge in [0.1, 0.15) is 12.2 Å². The van der Waals surface area contributed by atoms with E-state index in [1.807, 2.05) is 6.92 Å². The van der Waals surface area contributed by atoms with Gasteiger partial charge in [-0.1, -0.05) is 27.7 Å². The highest BCUT2D eigenvalue weighted by molar-refractivity contribution is 5.72. The molecule has 3 atom stereocenters. The Kier molecular flexibility index (Phi) is 4.17. The van der Waals surface area contributed by atoms with E-state index in [1.54, 1.807) is 0 Å². The lowest BCUT2D eigenvalue weighted by molar-refractivity contribution is -0.163. The molecule has 0 unspecified atom stereocenters. The predicted molar refractivity (Wildman–Crippen MR) is 63.3 cm³/mol. The molecule has 0 aromatic carbocycles. The van der Waals surface area contributed by atoms with Gasteiger partial charge in [0.25, 0.3) is 0 Å². The first-order chi connectivity index (χ1) is 7.69. The summed E-state index contributed by atoms with van der Waals surface area (Å²) in [7, 11) is 0. The number of carbonyl (C=O) groups excluding carboxylic acids is 2. The van der Waals surface area contributed by atoms with Gasteiger partial charge in [0.2, 0.25) is 0 Å². The van der Waals surface area contributed by atoms with Crippen LogP contribution in [0.4, 0.5) is 0 Å². The van der Waals surface area contributed by atoms with E-state index in [0.29, 0.717) is 12.8 Å². The molecule has 1 saturated heterocycles. The van der Waals surface area contributed by atoms with Crippen LogP contribution in [0, 0.1) is 11.3 Å². The van der Waals surface area contributed by atoms with E-state index >= 15 is 0 Å². The molecule has 1 rings (SSSR count). The molecular formula is C13H22O4. The summed E-state index contributed by atoms with van der Waals surface area (Å²) >= 11 is 0.